The van der Waals surface area contributed by atoms with Crippen LogP contribution in [0.25, 0.3) is 0 Å². The van der Waals surface area contributed by atoms with Crippen molar-refractivity contribution in [2.75, 3.05) is 24.5 Å². The average Bonchev–Trinajstić information content (AvgIpc) is 2.67. The van der Waals surface area contributed by atoms with E-state index in [0.717, 1.165) is 25.5 Å². The van der Waals surface area contributed by atoms with E-state index in [4.69, 9.17) is 5.73 Å². The van der Waals surface area contributed by atoms with Crippen molar-refractivity contribution in [2.45, 2.75) is 6.42 Å². The summed E-state index contributed by atoms with van der Waals surface area (Å²) in [6.45, 7) is 2.95. The highest BCUT2D eigenvalue weighted by Gasteiger charge is 2.21. The van der Waals surface area contributed by atoms with Gasteiger partial charge in [0, 0.05) is 19.3 Å². The van der Waals surface area contributed by atoms with E-state index >= 15 is 0 Å². The Balaban J connectivity index is 2.04. The predicted molar refractivity (Wildman–Crippen MR) is 53.6 cm³/mol. The van der Waals surface area contributed by atoms with Crippen LogP contribution in [0.5, 0.6) is 0 Å². The summed E-state index contributed by atoms with van der Waals surface area (Å²) in [5, 5.41) is 0. The molecule has 0 amide bonds. The highest BCUT2D eigenvalue weighted by Crippen LogP contribution is 2.20. The van der Waals surface area contributed by atoms with E-state index in [0.29, 0.717) is 5.92 Å². The van der Waals surface area contributed by atoms with E-state index in [1.165, 1.54) is 6.42 Å². The maximum Gasteiger partial charge on any atom is 0.128 e. The van der Waals surface area contributed by atoms with Gasteiger partial charge in [-0.3, -0.25) is 0 Å². The molecule has 1 aromatic heterocycles. The van der Waals surface area contributed by atoms with Crippen LogP contribution in [0.1, 0.15) is 6.42 Å². The van der Waals surface area contributed by atoms with Crippen molar-refractivity contribution < 1.29 is 0 Å². The fourth-order valence-corrected chi connectivity index (χ4v) is 1.77. The van der Waals surface area contributed by atoms with Crippen molar-refractivity contribution in [3.8, 4) is 0 Å². The number of nitrogens with two attached hydrogens (primary N) is 1. The molecule has 0 saturated carbocycles. The van der Waals surface area contributed by atoms with Crippen LogP contribution in [0.2, 0.25) is 0 Å². The smallest absolute Gasteiger partial charge is 0.128 e. The molecule has 0 aromatic carbocycles. The van der Waals surface area contributed by atoms with Gasteiger partial charge >= 0.3 is 0 Å². The van der Waals surface area contributed by atoms with Gasteiger partial charge in [-0.2, -0.15) is 0 Å². The van der Waals surface area contributed by atoms with Crippen LogP contribution in [0.3, 0.4) is 0 Å². The van der Waals surface area contributed by atoms with Gasteiger partial charge in [-0.05, 0) is 31.0 Å². The first-order chi connectivity index (χ1) is 6.40. The molecule has 0 spiro atoms. The fraction of sp³-hybridized carbons (Fsp3) is 0.500. The summed E-state index contributed by atoms with van der Waals surface area (Å²) < 4.78 is 0. The number of nitrogens with zero attached hydrogens (tertiary/aromatic N) is 2. The molecule has 1 aliphatic rings. The van der Waals surface area contributed by atoms with E-state index in [9.17, 15) is 0 Å². The van der Waals surface area contributed by atoms with Crippen molar-refractivity contribution in [3.05, 3.63) is 24.4 Å². The van der Waals surface area contributed by atoms with Crippen LogP contribution in [0, 0.1) is 5.92 Å². The fourth-order valence-electron chi connectivity index (χ4n) is 1.77. The molecule has 1 aromatic rings. The SMILES string of the molecule is NCC1CCN(c2ccccn2)C1. The third-order valence-electron chi connectivity index (χ3n) is 2.59. The Labute approximate surface area is 78.6 Å². The first-order valence-corrected chi connectivity index (χ1v) is 4.76. The number of anilines is 1. The number of rotatable bonds is 2. The molecule has 1 aliphatic heterocycles. The molecule has 2 N–H and O–H groups in total. The average molecular weight is 177 g/mol. The summed E-state index contributed by atoms with van der Waals surface area (Å²) in [7, 11) is 0. The Morgan fingerprint density at radius 3 is 3.08 bits per heavy atom. The zero-order valence-electron chi connectivity index (χ0n) is 7.69. The number of aromatic nitrogens is 1. The number of hydrogen-bond acceptors (Lipinski definition) is 3. The normalized spacial score (nSPS) is 22.2. The Bertz CT molecular complexity index is 260. The Hall–Kier alpha value is -1.09. The first kappa shape index (κ1) is 8.51. The van der Waals surface area contributed by atoms with Gasteiger partial charge in [-0.15, -0.1) is 0 Å². The second-order valence-corrected chi connectivity index (χ2v) is 3.52. The zero-order valence-corrected chi connectivity index (χ0v) is 7.69. The second-order valence-electron chi connectivity index (χ2n) is 3.52. The van der Waals surface area contributed by atoms with Gasteiger partial charge in [0.1, 0.15) is 5.82 Å². The molecule has 2 heterocycles. The van der Waals surface area contributed by atoms with Crippen LogP contribution in [0.15, 0.2) is 24.4 Å². The molecule has 0 aliphatic carbocycles. The molecular formula is C10H15N3. The molecule has 2 rings (SSSR count). The predicted octanol–water partition coefficient (Wildman–Crippen LogP) is 0.867. The Morgan fingerprint density at radius 1 is 1.54 bits per heavy atom. The summed E-state index contributed by atoms with van der Waals surface area (Å²) >= 11 is 0. The maximum absolute atomic E-state index is 5.63. The molecule has 1 saturated heterocycles. The van der Waals surface area contributed by atoms with E-state index in [-0.39, 0.29) is 0 Å². The lowest BCUT2D eigenvalue weighted by atomic mass is 10.1. The molecule has 1 atom stereocenters. The lowest BCUT2D eigenvalue weighted by Gasteiger charge is -2.16. The molecule has 0 bridgehead atoms. The van der Waals surface area contributed by atoms with Gasteiger partial charge in [0.25, 0.3) is 0 Å². The molecule has 70 valence electrons. The van der Waals surface area contributed by atoms with E-state index in [2.05, 4.69) is 16.0 Å². The van der Waals surface area contributed by atoms with Crippen LogP contribution in [-0.2, 0) is 0 Å². The summed E-state index contributed by atoms with van der Waals surface area (Å²) in [6, 6.07) is 6.02. The molecule has 3 nitrogen and oxygen atoms in total. The van der Waals surface area contributed by atoms with Crippen LogP contribution in [0.4, 0.5) is 5.82 Å². The van der Waals surface area contributed by atoms with Crippen molar-refractivity contribution in [2.24, 2.45) is 11.7 Å². The minimum absolute atomic E-state index is 0.655. The van der Waals surface area contributed by atoms with E-state index in [1.54, 1.807) is 0 Å². The summed E-state index contributed by atoms with van der Waals surface area (Å²) in [5.74, 6) is 1.74. The topological polar surface area (TPSA) is 42.1 Å². The van der Waals surface area contributed by atoms with Crippen LogP contribution in [-0.4, -0.2) is 24.6 Å². The Kier molecular flexibility index (Phi) is 2.45. The lowest BCUT2D eigenvalue weighted by Crippen LogP contribution is -2.23. The van der Waals surface area contributed by atoms with Gasteiger partial charge in [0.15, 0.2) is 0 Å². The quantitative estimate of drug-likeness (QED) is 0.728. The van der Waals surface area contributed by atoms with Crippen LogP contribution < -0.4 is 10.6 Å². The summed E-state index contributed by atoms with van der Waals surface area (Å²) in [5.41, 5.74) is 5.63. The largest absolute Gasteiger partial charge is 0.356 e. The summed E-state index contributed by atoms with van der Waals surface area (Å²) in [6.07, 6.45) is 3.04. The van der Waals surface area contributed by atoms with Crippen molar-refractivity contribution in [1.29, 1.82) is 0 Å². The second kappa shape index (κ2) is 3.75. The lowest BCUT2D eigenvalue weighted by molar-refractivity contribution is 0.602. The monoisotopic (exact) mass is 177 g/mol. The van der Waals surface area contributed by atoms with Crippen molar-refractivity contribution in [1.82, 2.24) is 4.98 Å². The molecule has 1 fully saturated rings. The standard InChI is InChI=1S/C10H15N3/c11-7-9-4-6-13(8-9)10-3-1-2-5-12-10/h1-3,5,9H,4,6-8,11H2. The van der Waals surface area contributed by atoms with E-state index < -0.39 is 0 Å². The zero-order chi connectivity index (χ0) is 9.10. The molecule has 1 unspecified atom stereocenters. The van der Waals surface area contributed by atoms with Crippen molar-refractivity contribution in [3.63, 3.8) is 0 Å². The molecule has 3 heteroatoms. The highest BCUT2D eigenvalue weighted by molar-refractivity contribution is 5.38. The molecular weight excluding hydrogens is 162 g/mol. The Morgan fingerprint density at radius 2 is 2.46 bits per heavy atom. The van der Waals surface area contributed by atoms with E-state index in [1.807, 2.05) is 18.3 Å². The highest BCUT2D eigenvalue weighted by atomic mass is 15.2. The first-order valence-electron chi connectivity index (χ1n) is 4.76. The molecule has 0 radical (unpaired) electrons. The molecule has 13 heavy (non-hydrogen) atoms. The maximum atomic E-state index is 5.63. The van der Waals surface area contributed by atoms with Gasteiger partial charge in [-0.25, -0.2) is 4.98 Å². The van der Waals surface area contributed by atoms with Gasteiger partial charge in [0.2, 0.25) is 0 Å². The minimum atomic E-state index is 0.655. The van der Waals surface area contributed by atoms with Crippen molar-refractivity contribution >= 4 is 5.82 Å². The third kappa shape index (κ3) is 1.80. The number of hydrogen-bond donors (Lipinski definition) is 1. The third-order valence-corrected chi connectivity index (χ3v) is 2.59. The number of pyridine rings is 1. The van der Waals surface area contributed by atoms with Gasteiger partial charge in [0.05, 0.1) is 0 Å². The minimum Gasteiger partial charge on any atom is -0.356 e. The van der Waals surface area contributed by atoms with Gasteiger partial charge in [-0.1, -0.05) is 6.07 Å². The van der Waals surface area contributed by atoms with Crippen LogP contribution >= 0.6 is 0 Å². The summed E-state index contributed by atoms with van der Waals surface area (Å²) in [4.78, 5) is 6.62. The van der Waals surface area contributed by atoms with Gasteiger partial charge < -0.3 is 10.6 Å².